The van der Waals surface area contributed by atoms with Gasteiger partial charge in [-0.2, -0.15) is 0 Å². The van der Waals surface area contributed by atoms with Crippen molar-refractivity contribution < 1.29 is 13.9 Å². The maximum absolute atomic E-state index is 13.5. The Balaban J connectivity index is 1.81. The Labute approximate surface area is 120 Å². The molecule has 112 valence electrons. The van der Waals surface area contributed by atoms with Gasteiger partial charge in [0.1, 0.15) is 5.82 Å². The summed E-state index contributed by atoms with van der Waals surface area (Å²) < 4.78 is 24.1. The van der Waals surface area contributed by atoms with Crippen LogP contribution in [0.2, 0.25) is 0 Å². The molecule has 2 rings (SSSR count). The van der Waals surface area contributed by atoms with Crippen LogP contribution in [0.15, 0.2) is 18.2 Å². The van der Waals surface area contributed by atoms with Gasteiger partial charge in [-0.25, -0.2) is 4.39 Å². The predicted molar refractivity (Wildman–Crippen MR) is 77.0 cm³/mol. The molecule has 1 aromatic carbocycles. The van der Waals surface area contributed by atoms with Gasteiger partial charge >= 0.3 is 0 Å². The minimum absolute atomic E-state index is 0.206. The number of rotatable bonds is 7. The highest BCUT2D eigenvalue weighted by atomic mass is 19.1. The van der Waals surface area contributed by atoms with E-state index < -0.39 is 0 Å². The summed E-state index contributed by atoms with van der Waals surface area (Å²) in [4.78, 5) is 0. The minimum Gasteiger partial charge on any atom is -0.380 e. The van der Waals surface area contributed by atoms with Gasteiger partial charge in [0, 0.05) is 31.9 Å². The molecule has 0 saturated carbocycles. The molecule has 1 fully saturated rings. The minimum atomic E-state index is -0.206. The van der Waals surface area contributed by atoms with Crippen molar-refractivity contribution in [3.63, 3.8) is 0 Å². The van der Waals surface area contributed by atoms with E-state index >= 15 is 0 Å². The molecule has 0 bridgehead atoms. The van der Waals surface area contributed by atoms with E-state index in [0.717, 1.165) is 25.1 Å². The van der Waals surface area contributed by atoms with E-state index in [2.05, 4.69) is 12.2 Å². The van der Waals surface area contributed by atoms with Gasteiger partial charge in [0.15, 0.2) is 0 Å². The average Bonchev–Trinajstić information content (AvgIpc) is 2.93. The maximum Gasteiger partial charge on any atom is 0.128 e. The first kappa shape index (κ1) is 15.4. The lowest BCUT2D eigenvalue weighted by Gasteiger charge is -2.18. The zero-order valence-corrected chi connectivity index (χ0v) is 12.3. The molecule has 4 heteroatoms. The van der Waals surface area contributed by atoms with Crippen LogP contribution in [-0.4, -0.2) is 25.9 Å². The van der Waals surface area contributed by atoms with Crippen molar-refractivity contribution in [3.05, 3.63) is 35.1 Å². The third-order valence-electron chi connectivity index (χ3n) is 3.71. The summed E-state index contributed by atoms with van der Waals surface area (Å²) in [6.45, 7) is 4.12. The number of ether oxygens (including phenoxy) is 2. The van der Waals surface area contributed by atoms with E-state index in [4.69, 9.17) is 9.47 Å². The molecule has 2 unspecified atom stereocenters. The highest BCUT2D eigenvalue weighted by molar-refractivity contribution is 5.24. The molecule has 1 N–H and O–H groups in total. The smallest absolute Gasteiger partial charge is 0.128 e. The Morgan fingerprint density at radius 2 is 2.35 bits per heavy atom. The van der Waals surface area contributed by atoms with Gasteiger partial charge < -0.3 is 14.8 Å². The number of hydrogen-bond donors (Lipinski definition) is 1. The standard InChI is InChI=1S/C16H24FNO2/c1-12(8-15-4-3-7-20-15)18-10-13-5-6-16(17)14(9-13)11-19-2/h5-6,9,12,15,18H,3-4,7-8,10-11H2,1-2H3. The molecule has 1 heterocycles. The van der Waals surface area contributed by atoms with Crippen LogP contribution in [0.4, 0.5) is 4.39 Å². The highest BCUT2D eigenvalue weighted by Crippen LogP contribution is 2.17. The lowest BCUT2D eigenvalue weighted by atomic mass is 10.1. The quantitative estimate of drug-likeness (QED) is 0.833. The number of methoxy groups -OCH3 is 1. The molecule has 0 aromatic heterocycles. The molecule has 1 aromatic rings. The zero-order chi connectivity index (χ0) is 14.4. The van der Waals surface area contributed by atoms with E-state index in [-0.39, 0.29) is 5.82 Å². The highest BCUT2D eigenvalue weighted by Gasteiger charge is 2.18. The molecule has 3 nitrogen and oxygen atoms in total. The summed E-state index contributed by atoms with van der Waals surface area (Å²) in [6.07, 6.45) is 3.78. The van der Waals surface area contributed by atoms with Crippen molar-refractivity contribution >= 4 is 0 Å². The van der Waals surface area contributed by atoms with E-state index in [1.54, 1.807) is 7.11 Å². The Kier molecular flexibility index (Phi) is 5.95. The topological polar surface area (TPSA) is 30.5 Å². The lowest BCUT2D eigenvalue weighted by molar-refractivity contribution is 0.0961. The molecule has 2 atom stereocenters. The summed E-state index contributed by atoms with van der Waals surface area (Å²) in [5.74, 6) is -0.206. The molecule has 0 spiro atoms. The molecular formula is C16H24FNO2. The van der Waals surface area contributed by atoms with Crippen LogP contribution in [0, 0.1) is 5.82 Å². The van der Waals surface area contributed by atoms with E-state index in [1.165, 1.54) is 18.9 Å². The normalized spacial score (nSPS) is 20.2. The van der Waals surface area contributed by atoms with Crippen molar-refractivity contribution in [3.8, 4) is 0 Å². The molecule has 0 aliphatic carbocycles. The van der Waals surface area contributed by atoms with Crippen LogP contribution in [0.5, 0.6) is 0 Å². The van der Waals surface area contributed by atoms with Gasteiger partial charge in [0.2, 0.25) is 0 Å². The first-order valence-electron chi connectivity index (χ1n) is 7.30. The first-order valence-corrected chi connectivity index (χ1v) is 7.30. The average molecular weight is 281 g/mol. The molecule has 1 saturated heterocycles. The van der Waals surface area contributed by atoms with Crippen LogP contribution in [0.25, 0.3) is 0 Å². The van der Waals surface area contributed by atoms with Crippen molar-refractivity contribution in [2.45, 2.75) is 51.5 Å². The third kappa shape index (κ3) is 4.54. The Hall–Kier alpha value is -0.970. The summed E-state index contributed by atoms with van der Waals surface area (Å²) in [5.41, 5.74) is 1.69. The fourth-order valence-corrected chi connectivity index (χ4v) is 2.60. The molecule has 20 heavy (non-hydrogen) atoms. The van der Waals surface area contributed by atoms with Gasteiger partial charge in [-0.1, -0.05) is 6.07 Å². The van der Waals surface area contributed by atoms with Crippen molar-refractivity contribution in [1.29, 1.82) is 0 Å². The second-order valence-corrected chi connectivity index (χ2v) is 5.51. The molecule has 0 amide bonds. The summed E-state index contributed by atoms with van der Waals surface area (Å²) in [5, 5.41) is 3.47. The maximum atomic E-state index is 13.5. The Morgan fingerprint density at radius 1 is 1.50 bits per heavy atom. The van der Waals surface area contributed by atoms with Gasteiger partial charge in [0.05, 0.1) is 12.7 Å². The van der Waals surface area contributed by atoms with E-state index in [0.29, 0.717) is 24.3 Å². The van der Waals surface area contributed by atoms with Gasteiger partial charge in [-0.05, 0) is 43.9 Å². The fourth-order valence-electron chi connectivity index (χ4n) is 2.60. The van der Waals surface area contributed by atoms with E-state index in [1.807, 2.05) is 12.1 Å². The van der Waals surface area contributed by atoms with Crippen LogP contribution >= 0.6 is 0 Å². The van der Waals surface area contributed by atoms with Crippen LogP contribution < -0.4 is 5.32 Å². The molecular weight excluding hydrogens is 257 g/mol. The summed E-state index contributed by atoms with van der Waals surface area (Å²) in [6, 6.07) is 5.59. The van der Waals surface area contributed by atoms with Crippen LogP contribution in [0.3, 0.4) is 0 Å². The Bertz CT molecular complexity index is 419. The summed E-state index contributed by atoms with van der Waals surface area (Å²) >= 11 is 0. The second-order valence-electron chi connectivity index (χ2n) is 5.51. The lowest BCUT2D eigenvalue weighted by Crippen LogP contribution is -2.29. The third-order valence-corrected chi connectivity index (χ3v) is 3.71. The monoisotopic (exact) mass is 281 g/mol. The SMILES string of the molecule is COCc1cc(CNC(C)CC2CCCO2)ccc1F. The number of benzene rings is 1. The zero-order valence-electron chi connectivity index (χ0n) is 12.3. The van der Waals surface area contributed by atoms with Crippen molar-refractivity contribution in [1.82, 2.24) is 5.32 Å². The molecule has 1 aliphatic rings. The van der Waals surface area contributed by atoms with E-state index in [9.17, 15) is 4.39 Å². The second kappa shape index (κ2) is 7.72. The van der Waals surface area contributed by atoms with Gasteiger partial charge in [0.25, 0.3) is 0 Å². The fraction of sp³-hybridized carbons (Fsp3) is 0.625. The molecule has 0 radical (unpaired) electrons. The first-order chi connectivity index (χ1) is 9.69. The van der Waals surface area contributed by atoms with Crippen LogP contribution in [0.1, 0.15) is 37.3 Å². The number of halogens is 1. The van der Waals surface area contributed by atoms with Gasteiger partial charge in [-0.15, -0.1) is 0 Å². The van der Waals surface area contributed by atoms with Crippen LogP contribution in [-0.2, 0) is 22.6 Å². The number of nitrogens with one attached hydrogen (secondary N) is 1. The van der Waals surface area contributed by atoms with Crippen molar-refractivity contribution in [2.75, 3.05) is 13.7 Å². The number of hydrogen-bond acceptors (Lipinski definition) is 3. The Morgan fingerprint density at radius 3 is 3.05 bits per heavy atom. The molecule has 1 aliphatic heterocycles. The van der Waals surface area contributed by atoms with Crippen molar-refractivity contribution in [2.24, 2.45) is 0 Å². The predicted octanol–water partition coefficient (Wildman–Crippen LogP) is 3.02. The largest absolute Gasteiger partial charge is 0.380 e. The summed E-state index contributed by atoms with van der Waals surface area (Å²) in [7, 11) is 1.58. The van der Waals surface area contributed by atoms with Gasteiger partial charge in [-0.3, -0.25) is 0 Å².